The molecular weight excluding hydrogens is 310 g/mol. The number of aromatic nitrogens is 2. The van der Waals surface area contributed by atoms with Gasteiger partial charge in [-0.25, -0.2) is 4.98 Å². The lowest BCUT2D eigenvalue weighted by Gasteiger charge is -2.08. The molecule has 0 N–H and O–H groups in total. The Hall–Kier alpha value is -2.46. The van der Waals surface area contributed by atoms with Crippen molar-refractivity contribution in [1.82, 2.24) is 9.66 Å². The number of rotatable bonds is 4. The molecule has 5 heteroatoms. The van der Waals surface area contributed by atoms with Crippen LogP contribution in [0.25, 0.3) is 10.9 Å². The highest BCUT2D eigenvalue weighted by atomic mass is 35.5. The Balaban J connectivity index is 2.15. The predicted octanol–water partition coefficient (Wildman–Crippen LogP) is 3.88. The van der Waals surface area contributed by atoms with E-state index in [1.165, 1.54) is 4.68 Å². The average Bonchev–Trinajstić information content (AvgIpc) is 2.56. The molecule has 2 aromatic carbocycles. The third-order valence-corrected chi connectivity index (χ3v) is 3.86. The second-order valence-corrected chi connectivity index (χ2v) is 5.59. The number of hydrogen-bond acceptors (Lipinski definition) is 3. The summed E-state index contributed by atoms with van der Waals surface area (Å²) >= 11 is 6.13. The molecule has 4 nitrogen and oxygen atoms in total. The number of para-hydroxylation sites is 1. The van der Waals surface area contributed by atoms with E-state index >= 15 is 0 Å². The van der Waals surface area contributed by atoms with Crippen LogP contribution in [0.1, 0.15) is 24.7 Å². The molecule has 0 bridgehead atoms. The molecule has 0 aliphatic rings. The first kappa shape index (κ1) is 15.4. The first-order chi connectivity index (χ1) is 11.2. The molecule has 0 atom stereocenters. The zero-order valence-electron chi connectivity index (χ0n) is 12.7. The van der Waals surface area contributed by atoms with Crippen LogP contribution in [0.5, 0.6) is 0 Å². The van der Waals surface area contributed by atoms with Crippen LogP contribution in [0, 0.1) is 0 Å². The Morgan fingerprint density at radius 2 is 1.91 bits per heavy atom. The highest BCUT2D eigenvalue weighted by Gasteiger charge is 2.09. The monoisotopic (exact) mass is 325 g/mol. The van der Waals surface area contributed by atoms with E-state index in [2.05, 4.69) is 10.1 Å². The molecular formula is C18H16ClN3O. The summed E-state index contributed by atoms with van der Waals surface area (Å²) in [4.78, 5) is 17.3. The van der Waals surface area contributed by atoms with Crippen molar-refractivity contribution in [3.63, 3.8) is 0 Å². The highest BCUT2D eigenvalue weighted by Crippen LogP contribution is 2.13. The molecule has 3 aromatic rings. The van der Waals surface area contributed by atoms with Gasteiger partial charge in [0.05, 0.1) is 17.1 Å². The van der Waals surface area contributed by atoms with E-state index in [-0.39, 0.29) is 5.56 Å². The van der Waals surface area contributed by atoms with Crippen LogP contribution in [-0.4, -0.2) is 15.9 Å². The van der Waals surface area contributed by atoms with Crippen molar-refractivity contribution in [2.45, 2.75) is 19.8 Å². The van der Waals surface area contributed by atoms with Crippen LogP contribution in [0.2, 0.25) is 5.02 Å². The zero-order chi connectivity index (χ0) is 16.2. The Morgan fingerprint density at radius 1 is 1.17 bits per heavy atom. The molecule has 1 heterocycles. The highest BCUT2D eigenvalue weighted by molar-refractivity contribution is 6.33. The van der Waals surface area contributed by atoms with Gasteiger partial charge in [-0.05, 0) is 24.6 Å². The average molecular weight is 326 g/mol. The summed E-state index contributed by atoms with van der Waals surface area (Å²) < 4.78 is 1.37. The third-order valence-electron chi connectivity index (χ3n) is 3.51. The molecule has 23 heavy (non-hydrogen) atoms. The Bertz CT molecular complexity index is 931. The fourth-order valence-electron chi connectivity index (χ4n) is 2.37. The molecule has 1 aromatic heterocycles. The standard InChI is InChI=1S/C18H16ClN3O/c1-2-7-17-21-16-11-6-4-9-14(16)18(23)22(17)20-12-13-8-3-5-10-15(13)19/h3-6,8-12H,2,7H2,1H3/b20-12-. The lowest BCUT2D eigenvalue weighted by Crippen LogP contribution is -2.22. The molecule has 0 aliphatic carbocycles. The van der Waals surface area contributed by atoms with Gasteiger partial charge in [0.1, 0.15) is 5.82 Å². The number of nitrogens with zero attached hydrogens (tertiary/aromatic N) is 3. The van der Waals surface area contributed by atoms with Gasteiger partial charge in [0.15, 0.2) is 0 Å². The van der Waals surface area contributed by atoms with Crippen LogP contribution in [-0.2, 0) is 6.42 Å². The summed E-state index contributed by atoms with van der Waals surface area (Å²) in [6, 6.07) is 14.7. The van der Waals surface area contributed by atoms with Gasteiger partial charge < -0.3 is 0 Å². The number of hydrogen-bond donors (Lipinski definition) is 0. The quantitative estimate of drug-likeness (QED) is 0.683. The smallest absolute Gasteiger partial charge is 0.267 e. The van der Waals surface area contributed by atoms with E-state index in [1.807, 2.05) is 43.3 Å². The summed E-state index contributed by atoms with van der Waals surface area (Å²) in [7, 11) is 0. The summed E-state index contributed by atoms with van der Waals surface area (Å²) in [6.07, 6.45) is 3.16. The summed E-state index contributed by atoms with van der Waals surface area (Å²) in [5.41, 5.74) is 1.30. The zero-order valence-corrected chi connectivity index (χ0v) is 13.5. The van der Waals surface area contributed by atoms with Crippen LogP contribution >= 0.6 is 11.6 Å². The Labute approximate surface area is 139 Å². The molecule has 0 saturated heterocycles. The maximum absolute atomic E-state index is 12.7. The van der Waals surface area contributed by atoms with Crippen LogP contribution < -0.4 is 5.56 Å². The number of aryl methyl sites for hydroxylation is 1. The van der Waals surface area contributed by atoms with E-state index in [9.17, 15) is 4.79 Å². The first-order valence-corrected chi connectivity index (χ1v) is 7.88. The maximum Gasteiger partial charge on any atom is 0.282 e. The van der Waals surface area contributed by atoms with Crippen molar-refractivity contribution < 1.29 is 0 Å². The van der Waals surface area contributed by atoms with Crippen molar-refractivity contribution in [3.8, 4) is 0 Å². The maximum atomic E-state index is 12.7. The minimum Gasteiger partial charge on any atom is -0.267 e. The Kier molecular flexibility index (Phi) is 4.53. The molecule has 0 amide bonds. The molecule has 0 aliphatic heterocycles. The van der Waals surface area contributed by atoms with E-state index in [0.29, 0.717) is 28.2 Å². The van der Waals surface area contributed by atoms with Gasteiger partial charge in [0, 0.05) is 17.0 Å². The van der Waals surface area contributed by atoms with Crippen LogP contribution in [0.3, 0.4) is 0 Å². The van der Waals surface area contributed by atoms with Gasteiger partial charge >= 0.3 is 0 Å². The molecule has 0 spiro atoms. The number of benzene rings is 2. The normalized spacial score (nSPS) is 11.4. The van der Waals surface area contributed by atoms with E-state index in [4.69, 9.17) is 11.6 Å². The van der Waals surface area contributed by atoms with E-state index in [0.717, 1.165) is 12.0 Å². The topological polar surface area (TPSA) is 47.2 Å². The van der Waals surface area contributed by atoms with E-state index < -0.39 is 0 Å². The SMILES string of the molecule is CCCc1nc2ccccc2c(=O)n1/N=C\c1ccccc1Cl. The van der Waals surface area contributed by atoms with Crippen molar-refractivity contribution >= 4 is 28.7 Å². The van der Waals surface area contributed by atoms with Gasteiger partial charge in [-0.15, -0.1) is 0 Å². The lowest BCUT2D eigenvalue weighted by atomic mass is 10.2. The van der Waals surface area contributed by atoms with Crippen LogP contribution in [0.4, 0.5) is 0 Å². The van der Waals surface area contributed by atoms with Gasteiger partial charge in [-0.3, -0.25) is 4.79 Å². The van der Waals surface area contributed by atoms with Gasteiger partial charge in [0.2, 0.25) is 0 Å². The Morgan fingerprint density at radius 3 is 2.70 bits per heavy atom. The van der Waals surface area contributed by atoms with Gasteiger partial charge in [-0.1, -0.05) is 48.9 Å². The van der Waals surface area contributed by atoms with Crippen molar-refractivity contribution in [2.24, 2.45) is 5.10 Å². The molecule has 0 saturated carbocycles. The second-order valence-electron chi connectivity index (χ2n) is 5.18. The number of halogens is 1. The molecule has 0 fully saturated rings. The fraction of sp³-hybridized carbons (Fsp3) is 0.167. The van der Waals surface area contributed by atoms with Gasteiger partial charge in [-0.2, -0.15) is 9.78 Å². The second kappa shape index (κ2) is 6.75. The summed E-state index contributed by atoms with van der Waals surface area (Å²) in [5, 5.41) is 5.49. The van der Waals surface area contributed by atoms with Crippen molar-refractivity contribution in [3.05, 3.63) is 75.3 Å². The minimum absolute atomic E-state index is 0.164. The molecule has 0 unspecified atom stereocenters. The summed E-state index contributed by atoms with van der Waals surface area (Å²) in [6.45, 7) is 2.05. The lowest BCUT2D eigenvalue weighted by molar-refractivity contribution is 0.704. The molecule has 116 valence electrons. The van der Waals surface area contributed by atoms with Crippen molar-refractivity contribution in [2.75, 3.05) is 0 Å². The largest absolute Gasteiger partial charge is 0.282 e. The molecule has 0 radical (unpaired) electrons. The minimum atomic E-state index is -0.164. The third kappa shape index (κ3) is 3.17. The number of fused-ring (bicyclic) bond motifs is 1. The van der Waals surface area contributed by atoms with E-state index in [1.54, 1.807) is 18.3 Å². The molecule has 3 rings (SSSR count). The first-order valence-electron chi connectivity index (χ1n) is 7.50. The van der Waals surface area contributed by atoms with Crippen molar-refractivity contribution in [1.29, 1.82) is 0 Å². The summed E-state index contributed by atoms with van der Waals surface area (Å²) in [5.74, 6) is 0.652. The van der Waals surface area contributed by atoms with Crippen LogP contribution in [0.15, 0.2) is 58.4 Å². The van der Waals surface area contributed by atoms with Gasteiger partial charge in [0.25, 0.3) is 5.56 Å². The fourth-order valence-corrected chi connectivity index (χ4v) is 2.56. The predicted molar refractivity (Wildman–Crippen MR) is 94.4 cm³/mol.